The lowest BCUT2D eigenvalue weighted by Gasteiger charge is -2.10. The van der Waals surface area contributed by atoms with E-state index >= 15 is 0 Å². The maximum absolute atomic E-state index is 11.5. The molecule has 2 rings (SSSR count). The van der Waals surface area contributed by atoms with Gasteiger partial charge in [-0.05, 0) is 35.9 Å². The molecule has 0 saturated heterocycles. The highest BCUT2D eigenvalue weighted by Crippen LogP contribution is 2.37. The maximum atomic E-state index is 11.5. The van der Waals surface area contributed by atoms with E-state index in [-0.39, 0.29) is 5.56 Å². The quantitative estimate of drug-likeness (QED) is 0.245. The minimum absolute atomic E-state index is 0.0610. The first-order valence-electron chi connectivity index (χ1n) is 6.61. The second kappa shape index (κ2) is 6.32. The van der Waals surface area contributed by atoms with E-state index in [0.29, 0.717) is 6.07 Å². The highest BCUT2D eigenvalue weighted by atomic mass is 16.4. The van der Waals surface area contributed by atoms with Crippen LogP contribution in [0.1, 0.15) is 21.5 Å². The lowest BCUT2D eigenvalue weighted by atomic mass is 9.96. The first-order chi connectivity index (χ1) is 11.6. The number of phenolic OH excluding ortho intramolecular Hbond substituents is 5. The Bertz CT molecular complexity index is 889. The van der Waals surface area contributed by atoms with E-state index in [2.05, 4.69) is 0 Å². The van der Waals surface area contributed by atoms with Crippen molar-refractivity contribution in [2.45, 2.75) is 0 Å². The molecule has 0 aliphatic rings. The molecule has 0 fully saturated rings. The van der Waals surface area contributed by atoms with Crippen molar-refractivity contribution < 1.29 is 45.3 Å². The fraction of sp³-hybridized carbons (Fsp3) is 0. The Balaban J connectivity index is 2.74. The van der Waals surface area contributed by atoms with Crippen LogP contribution in [-0.2, 0) is 4.79 Å². The van der Waals surface area contributed by atoms with Crippen LogP contribution in [0.2, 0.25) is 0 Å². The number of benzene rings is 2. The zero-order valence-electron chi connectivity index (χ0n) is 12.3. The van der Waals surface area contributed by atoms with Gasteiger partial charge in [-0.15, -0.1) is 0 Å². The van der Waals surface area contributed by atoms with Crippen LogP contribution in [0, 0.1) is 0 Å². The summed E-state index contributed by atoms with van der Waals surface area (Å²) in [7, 11) is 0. The number of carbonyl (C=O) groups is 2. The van der Waals surface area contributed by atoms with Gasteiger partial charge in [0.05, 0.1) is 11.1 Å². The summed E-state index contributed by atoms with van der Waals surface area (Å²) in [6, 6.07) is 3.34. The molecule has 2 aromatic carbocycles. The van der Waals surface area contributed by atoms with Gasteiger partial charge in [0.1, 0.15) is 0 Å². The number of rotatable bonds is 4. The molecule has 0 amide bonds. The molecule has 0 spiro atoms. The van der Waals surface area contributed by atoms with E-state index in [1.54, 1.807) is 0 Å². The van der Waals surface area contributed by atoms with Gasteiger partial charge in [-0.2, -0.15) is 0 Å². The van der Waals surface area contributed by atoms with Crippen LogP contribution in [0.3, 0.4) is 0 Å². The predicted octanol–water partition coefficient (Wildman–Crippen LogP) is 1.54. The summed E-state index contributed by atoms with van der Waals surface area (Å²) in [5.74, 6) is -6.84. The number of hydrogen-bond acceptors (Lipinski definition) is 7. The van der Waals surface area contributed by atoms with Crippen LogP contribution in [0.5, 0.6) is 28.7 Å². The second-order valence-corrected chi connectivity index (χ2v) is 4.96. The molecule has 0 unspecified atom stereocenters. The van der Waals surface area contributed by atoms with Gasteiger partial charge in [0, 0.05) is 5.56 Å². The Hall–Kier alpha value is -3.88. The maximum Gasteiger partial charge on any atom is 0.336 e. The standard InChI is InChI=1S/C16H12O9/c17-10-4-7(9(16(24)25)5-11(10)18)8(15(22)23)1-6-2-12(19)14(21)13(20)3-6/h1-5,17-21H,(H,22,23)(H,24,25)/b8-1+. The summed E-state index contributed by atoms with van der Waals surface area (Å²) >= 11 is 0. The van der Waals surface area contributed by atoms with Gasteiger partial charge in [0.2, 0.25) is 0 Å². The molecule has 0 radical (unpaired) electrons. The van der Waals surface area contributed by atoms with Crippen molar-refractivity contribution in [3.8, 4) is 28.7 Å². The molecule has 25 heavy (non-hydrogen) atoms. The Morgan fingerprint density at radius 1 is 0.720 bits per heavy atom. The summed E-state index contributed by atoms with van der Waals surface area (Å²) < 4.78 is 0. The number of carboxylic acids is 2. The Kier molecular flexibility index (Phi) is 4.42. The average Bonchev–Trinajstić information content (AvgIpc) is 2.52. The van der Waals surface area contributed by atoms with Crippen LogP contribution < -0.4 is 0 Å². The van der Waals surface area contributed by atoms with Crippen LogP contribution in [0.4, 0.5) is 0 Å². The summed E-state index contributed by atoms with van der Waals surface area (Å²) in [6.45, 7) is 0. The topological polar surface area (TPSA) is 176 Å². The largest absolute Gasteiger partial charge is 0.504 e. The van der Waals surface area contributed by atoms with Crippen LogP contribution >= 0.6 is 0 Å². The minimum Gasteiger partial charge on any atom is -0.504 e. The molecule has 0 saturated carbocycles. The second-order valence-electron chi connectivity index (χ2n) is 4.96. The number of aliphatic carboxylic acids is 1. The van der Waals surface area contributed by atoms with E-state index in [0.717, 1.165) is 24.3 Å². The van der Waals surface area contributed by atoms with Gasteiger partial charge in [-0.3, -0.25) is 0 Å². The molecule has 0 aliphatic carbocycles. The SMILES string of the molecule is O=C(O)/C(=C/c1cc(O)c(O)c(O)c1)c1cc(O)c(O)cc1C(=O)O. The molecule has 9 heteroatoms. The molecule has 7 N–H and O–H groups in total. The van der Waals surface area contributed by atoms with Crippen molar-refractivity contribution in [3.05, 3.63) is 41.0 Å². The average molecular weight is 348 g/mol. The highest BCUT2D eigenvalue weighted by Gasteiger charge is 2.22. The minimum atomic E-state index is -1.57. The van der Waals surface area contributed by atoms with Crippen molar-refractivity contribution >= 4 is 23.6 Å². The van der Waals surface area contributed by atoms with Crippen LogP contribution in [-0.4, -0.2) is 47.7 Å². The van der Waals surface area contributed by atoms with E-state index in [1.165, 1.54) is 0 Å². The lowest BCUT2D eigenvalue weighted by molar-refractivity contribution is -0.130. The molecule has 9 nitrogen and oxygen atoms in total. The lowest BCUT2D eigenvalue weighted by Crippen LogP contribution is -2.07. The molecule has 0 heterocycles. The third-order valence-corrected chi connectivity index (χ3v) is 3.27. The van der Waals surface area contributed by atoms with Gasteiger partial charge < -0.3 is 35.7 Å². The molecule has 0 bridgehead atoms. The third kappa shape index (κ3) is 3.39. The van der Waals surface area contributed by atoms with Crippen molar-refractivity contribution in [1.82, 2.24) is 0 Å². The van der Waals surface area contributed by atoms with Gasteiger partial charge >= 0.3 is 11.9 Å². The number of carboxylic acid groups (broad SMARTS) is 2. The molecule has 0 aliphatic heterocycles. The van der Waals surface area contributed by atoms with E-state index in [4.69, 9.17) is 0 Å². The van der Waals surface area contributed by atoms with Crippen molar-refractivity contribution in [1.29, 1.82) is 0 Å². The van der Waals surface area contributed by atoms with Gasteiger partial charge in [-0.25, -0.2) is 9.59 Å². The first-order valence-corrected chi connectivity index (χ1v) is 6.61. The normalized spacial score (nSPS) is 11.3. The summed E-state index contributed by atoms with van der Waals surface area (Å²) in [5.41, 5.74) is -1.66. The summed E-state index contributed by atoms with van der Waals surface area (Å²) in [5, 5.41) is 65.8. The van der Waals surface area contributed by atoms with Gasteiger partial charge in [0.25, 0.3) is 0 Å². The van der Waals surface area contributed by atoms with Crippen molar-refractivity contribution in [3.63, 3.8) is 0 Å². The van der Waals surface area contributed by atoms with Gasteiger partial charge in [0.15, 0.2) is 28.7 Å². The number of phenols is 5. The van der Waals surface area contributed by atoms with Crippen molar-refractivity contribution in [2.75, 3.05) is 0 Å². The third-order valence-electron chi connectivity index (χ3n) is 3.27. The molecule has 2 aromatic rings. The van der Waals surface area contributed by atoms with Crippen LogP contribution in [0.15, 0.2) is 24.3 Å². The monoisotopic (exact) mass is 348 g/mol. The van der Waals surface area contributed by atoms with E-state index in [1.807, 2.05) is 0 Å². The Morgan fingerprint density at radius 2 is 1.20 bits per heavy atom. The highest BCUT2D eigenvalue weighted by molar-refractivity contribution is 6.23. The van der Waals surface area contributed by atoms with E-state index in [9.17, 15) is 45.3 Å². The van der Waals surface area contributed by atoms with Crippen molar-refractivity contribution in [2.24, 2.45) is 0 Å². The number of hydrogen-bond donors (Lipinski definition) is 7. The molecule has 0 aromatic heterocycles. The number of aromatic hydroxyl groups is 5. The van der Waals surface area contributed by atoms with E-state index < -0.39 is 57.4 Å². The smallest absolute Gasteiger partial charge is 0.336 e. The Labute approximate surface area is 139 Å². The van der Waals surface area contributed by atoms with Gasteiger partial charge in [-0.1, -0.05) is 0 Å². The summed E-state index contributed by atoms with van der Waals surface area (Å²) in [4.78, 5) is 22.8. The van der Waals surface area contributed by atoms with Crippen LogP contribution in [0.25, 0.3) is 11.6 Å². The zero-order chi connectivity index (χ0) is 18.9. The fourth-order valence-electron chi connectivity index (χ4n) is 2.11. The first kappa shape index (κ1) is 17.5. The Morgan fingerprint density at radius 3 is 1.64 bits per heavy atom. The molecule has 0 atom stereocenters. The zero-order valence-corrected chi connectivity index (χ0v) is 12.3. The fourth-order valence-corrected chi connectivity index (χ4v) is 2.11. The molecular weight excluding hydrogens is 336 g/mol. The molecule has 130 valence electrons. The number of aromatic carboxylic acids is 1. The summed E-state index contributed by atoms with van der Waals surface area (Å²) in [6.07, 6.45) is 0.916. The molecular formula is C16H12O9. The predicted molar refractivity (Wildman–Crippen MR) is 83.7 cm³/mol.